The van der Waals surface area contributed by atoms with Gasteiger partial charge in [-0.1, -0.05) is 6.92 Å². The molecule has 0 spiro atoms. The lowest BCUT2D eigenvalue weighted by atomic mass is 10.3. The molecular formula is C11H18N2O2S2. The van der Waals surface area contributed by atoms with Gasteiger partial charge in [-0.2, -0.15) is 0 Å². The summed E-state index contributed by atoms with van der Waals surface area (Å²) in [5.41, 5.74) is 0. The quantitative estimate of drug-likeness (QED) is 0.746. The molecular weight excluding hydrogens is 256 g/mol. The van der Waals surface area contributed by atoms with Crippen LogP contribution < -0.4 is 0 Å². The summed E-state index contributed by atoms with van der Waals surface area (Å²) >= 11 is 3.17. The van der Waals surface area contributed by atoms with Crippen LogP contribution in [-0.2, 0) is 9.53 Å². The van der Waals surface area contributed by atoms with Gasteiger partial charge in [0.25, 0.3) is 0 Å². The van der Waals surface area contributed by atoms with E-state index in [0.29, 0.717) is 6.61 Å². The van der Waals surface area contributed by atoms with Crippen molar-refractivity contribution in [3.05, 3.63) is 10.0 Å². The summed E-state index contributed by atoms with van der Waals surface area (Å²) in [6, 6.07) is 0. The summed E-state index contributed by atoms with van der Waals surface area (Å²) in [5.74, 6) is -0.131. The van der Waals surface area contributed by atoms with Crippen LogP contribution in [0.4, 0.5) is 0 Å². The maximum absolute atomic E-state index is 11.7. The molecule has 6 heteroatoms. The maximum Gasteiger partial charge on any atom is 0.319 e. The van der Waals surface area contributed by atoms with Crippen molar-refractivity contribution in [2.24, 2.45) is 0 Å². The van der Waals surface area contributed by atoms with Crippen LogP contribution >= 0.6 is 23.1 Å². The molecule has 0 bridgehead atoms. The zero-order valence-electron chi connectivity index (χ0n) is 10.6. The standard InChI is InChI=1S/C11H18N2O2S2/c1-5-9(11(14)15-6-2)16-7(3)10-13-12-8(4)17-10/h7,9H,5-6H2,1-4H3. The number of nitrogens with zero attached hydrogens (tertiary/aromatic N) is 2. The number of ether oxygens (including phenoxy) is 1. The minimum atomic E-state index is -0.131. The fraction of sp³-hybridized carbons (Fsp3) is 0.727. The third-order valence-electron chi connectivity index (χ3n) is 2.18. The number of carbonyl (C=O) groups excluding carboxylic acids is 1. The Morgan fingerprint density at radius 1 is 1.47 bits per heavy atom. The third-order valence-corrected chi connectivity index (χ3v) is 4.83. The lowest BCUT2D eigenvalue weighted by molar-refractivity contribution is -0.142. The van der Waals surface area contributed by atoms with E-state index in [4.69, 9.17) is 4.74 Å². The fourth-order valence-electron chi connectivity index (χ4n) is 1.33. The first-order chi connectivity index (χ1) is 8.08. The SMILES string of the molecule is CCOC(=O)C(CC)SC(C)c1nnc(C)s1. The first-order valence-electron chi connectivity index (χ1n) is 5.70. The van der Waals surface area contributed by atoms with Crippen LogP contribution in [0.25, 0.3) is 0 Å². The zero-order chi connectivity index (χ0) is 12.8. The normalized spacial score (nSPS) is 14.4. The van der Waals surface area contributed by atoms with Gasteiger partial charge in [0, 0.05) is 0 Å². The highest BCUT2D eigenvalue weighted by atomic mass is 32.2. The fourth-order valence-corrected chi connectivity index (χ4v) is 3.31. The number of esters is 1. The van der Waals surface area contributed by atoms with Crippen molar-refractivity contribution in [3.63, 3.8) is 0 Å². The summed E-state index contributed by atoms with van der Waals surface area (Å²) in [6.07, 6.45) is 0.769. The molecule has 96 valence electrons. The molecule has 0 aliphatic carbocycles. The average molecular weight is 274 g/mol. The second-order valence-electron chi connectivity index (χ2n) is 3.59. The molecule has 1 aromatic rings. The second-order valence-corrected chi connectivity index (χ2v) is 6.35. The van der Waals surface area contributed by atoms with Gasteiger partial charge in [-0.05, 0) is 27.2 Å². The minimum Gasteiger partial charge on any atom is -0.465 e. The van der Waals surface area contributed by atoms with Crippen LogP contribution in [0.3, 0.4) is 0 Å². The number of aromatic nitrogens is 2. The summed E-state index contributed by atoms with van der Waals surface area (Å²) in [7, 11) is 0. The van der Waals surface area contributed by atoms with Crippen LogP contribution in [-0.4, -0.2) is 28.0 Å². The Balaban J connectivity index is 2.59. The van der Waals surface area contributed by atoms with Crippen LogP contribution in [0.15, 0.2) is 0 Å². The monoisotopic (exact) mass is 274 g/mol. The average Bonchev–Trinajstić information content (AvgIpc) is 2.72. The van der Waals surface area contributed by atoms with Crippen molar-refractivity contribution >= 4 is 29.1 Å². The van der Waals surface area contributed by atoms with Crippen molar-refractivity contribution in [1.29, 1.82) is 0 Å². The highest BCUT2D eigenvalue weighted by molar-refractivity contribution is 8.00. The van der Waals surface area contributed by atoms with Gasteiger partial charge in [0.1, 0.15) is 15.3 Å². The van der Waals surface area contributed by atoms with Gasteiger partial charge in [0.05, 0.1) is 11.9 Å². The number of rotatable bonds is 6. The second kappa shape index (κ2) is 6.96. The minimum absolute atomic E-state index is 0.117. The van der Waals surface area contributed by atoms with E-state index in [9.17, 15) is 4.79 Å². The Bertz CT molecular complexity index is 368. The van der Waals surface area contributed by atoms with E-state index in [-0.39, 0.29) is 16.5 Å². The summed E-state index contributed by atoms with van der Waals surface area (Å²) < 4.78 is 5.04. The largest absolute Gasteiger partial charge is 0.465 e. The van der Waals surface area contributed by atoms with Crippen molar-refractivity contribution in [2.45, 2.75) is 44.6 Å². The molecule has 4 nitrogen and oxygen atoms in total. The predicted molar refractivity (Wildman–Crippen MR) is 71.4 cm³/mol. The van der Waals surface area contributed by atoms with Crippen LogP contribution in [0, 0.1) is 6.92 Å². The third kappa shape index (κ3) is 4.27. The van der Waals surface area contributed by atoms with Crippen LogP contribution in [0.1, 0.15) is 42.5 Å². The van der Waals surface area contributed by atoms with Gasteiger partial charge in [-0.3, -0.25) is 4.79 Å². The van der Waals surface area contributed by atoms with Crippen molar-refractivity contribution in [3.8, 4) is 0 Å². The molecule has 0 saturated heterocycles. The molecule has 0 amide bonds. The Labute approximate surface area is 110 Å². The predicted octanol–water partition coefficient (Wildman–Crippen LogP) is 2.98. The number of thioether (sulfide) groups is 1. The zero-order valence-corrected chi connectivity index (χ0v) is 12.2. The Hall–Kier alpha value is -0.620. The molecule has 0 fully saturated rings. The van der Waals surface area contributed by atoms with Gasteiger partial charge in [-0.25, -0.2) is 0 Å². The van der Waals surface area contributed by atoms with Crippen molar-refractivity contribution in [2.75, 3.05) is 6.61 Å². The van der Waals surface area contributed by atoms with Crippen LogP contribution in [0.5, 0.6) is 0 Å². The van der Waals surface area contributed by atoms with E-state index in [2.05, 4.69) is 10.2 Å². The van der Waals surface area contributed by atoms with Gasteiger partial charge in [0.15, 0.2) is 0 Å². The maximum atomic E-state index is 11.7. The molecule has 0 aliphatic heterocycles. The molecule has 0 aliphatic rings. The lowest BCUT2D eigenvalue weighted by Crippen LogP contribution is -2.20. The van der Waals surface area contributed by atoms with Gasteiger partial charge >= 0.3 is 5.97 Å². The highest BCUT2D eigenvalue weighted by Crippen LogP contribution is 2.34. The topological polar surface area (TPSA) is 52.1 Å². The molecule has 1 heterocycles. The first-order valence-corrected chi connectivity index (χ1v) is 7.46. The molecule has 0 saturated carbocycles. The molecule has 1 rings (SSSR count). The smallest absolute Gasteiger partial charge is 0.319 e. The van der Waals surface area contributed by atoms with E-state index in [1.807, 2.05) is 27.7 Å². The van der Waals surface area contributed by atoms with E-state index in [1.54, 1.807) is 23.1 Å². The van der Waals surface area contributed by atoms with Crippen molar-refractivity contribution in [1.82, 2.24) is 10.2 Å². The van der Waals surface area contributed by atoms with E-state index >= 15 is 0 Å². The Kier molecular flexibility index (Phi) is 5.91. The molecule has 0 radical (unpaired) electrons. The first kappa shape index (κ1) is 14.4. The molecule has 2 unspecified atom stereocenters. The van der Waals surface area contributed by atoms with Crippen molar-refractivity contribution < 1.29 is 9.53 Å². The van der Waals surface area contributed by atoms with E-state index < -0.39 is 0 Å². The Morgan fingerprint density at radius 2 is 2.18 bits per heavy atom. The molecule has 17 heavy (non-hydrogen) atoms. The van der Waals surface area contributed by atoms with Gasteiger partial charge in [0.2, 0.25) is 0 Å². The lowest BCUT2D eigenvalue weighted by Gasteiger charge is -2.16. The van der Waals surface area contributed by atoms with E-state index in [0.717, 1.165) is 16.4 Å². The molecule has 2 atom stereocenters. The summed E-state index contributed by atoms with van der Waals surface area (Å²) in [4.78, 5) is 11.7. The molecule has 0 N–H and O–H groups in total. The highest BCUT2D eigenvalue weighted by Gasteiger charge is 2.23. The molecule has 0 aromatic carbocycles. The number of hydrogen-bond donors (Lipinski definition) is 0. The Morgan fingerprint density at radius 3 is 2.65 bits per heavy atom. The number of carbonyl (C=O) groups is 1. The van der Waals surface area contributed by atoms with E-state index in [1.165, 1.54) is 0 Å². The molecule has 1 aromatic heterocycles. The summed E-state index contributed by atoms with van der Waals surface area (Å²) in [5, 5.41) is 10.1. The van der Waals surface area contributed by atoms with Gasteiger partial charge < -0.3 is 4.74 Å². The number of hydrogen-bond acceptors (Lipinski definition) is 6. The summed E-state index contributed by atoms with van der Waals surface area (Å²) in [6.45, 7) is 8.23. The van der Waals surface area contributed by atoms with Gasteiger partial charge in [-0.15, -0.1) is 33.3 Å². The number of aryl methyl sites for hydroxylation is 1. The van der Waals surface area contributed by atoms with Crippen LogP contribution in [0.2, 0.25) is 0 Å².